The van der Waals surface area contributed by atoms with Gasteiger partial charge < -0.3 is 43.8 Å². The van der Waals surface area contributed by atoms with Crippen molar-refractivity contribution in [3.05, 3.63) is 46.6 Å². The second-order valence-corrected chi connectivity index (χ2v) is 8.44. The summed E-state index contributed by atoms with van der Waals surface area (Å²) in [7, 11) is 0. The molecule has 1 aliphatic rings. The van der Waals surface area contributed by atoms with Crippen LogP contribution in [-0.2, 0) is 23.8 Å². The molecule has 0 radical (unpaired) electrons. The third kappa shape index (κ3) is 5.15. The number of phenolic OH excluding ortho intramolecular Hbond substituents is 3. The number of hydrogen-bond donors (Lipinski definition) is 4. The Morgan fingerprint density at radius 1 is 0.919 bits per heavy atom. The van der Waals surface area contributed by atoms with Crippen molar-refractivity contribution in [1.82, 2.24) is 0 Å². The van der Waals surface area contributed by atoms with Crippen molar-refractivity contribution in [2.75, 3.05) is 0 Å². The Morgan fingerprint density at radius 2 is 1.54 bits per heavy atom. The lowest BCUT2D eigenvalue weighted by Crippen LogP contribution is -2.60. The molecule has 37 heavy (non-hydrogen) atoms. The number of aromatic hydroxyl groups is 3. The number of ether oxygens (including phenoxy) is 4. The average Bonchev–Trinajstić information content (AvgIpc) is 2.80. The zero-order valence-corrected chi connectivity index (χ0v) is 19.9. The normalized spacial score (nSPS) is 23.4. The van der Waals surface area contributed by atoms with Gasteiger partial charge in [-0.1, -0.05) is 0 Å². The molecule has 2 aromatic carbocycles. The topological polar surface area (TPSA) is 182 Å². The maximum Gasteiger partial charge on any atom is 0.303 e. The lowest BCUT2D eigenvalue weighted by atomic mass is 9.99. The molecule has 1 fully saturated rings. The van der Waals surface area contributed by atoms with E-state index in [4.69, 9.17) is 23.4 Å². The van der Waals surface area contributed by atoms with Crippen LogP contribution in [0.1, 0.15) is 20.8 Å². The molecule has 4 rings (SSSR count). The van der Waals surface area contributed by atoms with E-state index in [0.717, 1.165) is 26.0 Å². The quantitative estimate of drug-likeness (QED) is 0.362. The second kappa shape index (κ2) is 9.99. The smallest absolute Gasteiger partial charge is 0.303 e. The highest BCUT2D eigenvalue weighted by Gasteiger charge is 2.49. The number of benzene rings is 2. The number of phenols is 3. The molecule has 2 heterocycles. The average molecular weight is 516 g/mol. The number of fused-ring (bicyclic) bond motifs is 1. The van der Waals surface area contributed by atoms with Gasteiger partial charge in [0.25, 0.3) is 0 Å². The molecule has 1 aliphatic heterocycles. The van der Waals surface area contributed by atoms with E-state index in [-0.39, 0.29) is 33.8 Å². The summed E-state index contributed by atoms with van der Waals surface area (Å²) in [6.07, 6.45) is -6.86. The Hall–Kier alpha value is -4.29. The molecule has 0 spiro atoms. The minimum absolute atomic E-state index is 0.0661. The van der Waals surface area contributed by atoms with Crippen LogP contribution in [0, 0.1) is 0 Å². The Morgan fingerprint density at radius 3 is 2.16 bits per heavy atom. The minimum atomic E-state index is -1.59. The summed E-state index contributed by atoms with van der Waals surface area (Å²) >= 11 is 0. The van der Waals surface area contributed by atoms with Crippen molar-refractivity contribution in [1.29, 1.82) is 0 Å². The fourth-order valence-electron chi connectivity index (χ4n) is 4.06. The molecule has 5 atom stereocenters. The van der Waals surface area contributed by atoms with E-state index in [9.17, 15) is 34.8 Å². The van der Waals surface area contributed by atoms with Gasteiger partial charge in [0, 0.05) is 31.5 Å². The number of aliphatic hydroxyl groups is 1. The second-order valence-electron chi connectivity index (χ2n) is 8.44. The Balaban J connectivity index is 1.86. The van der Waals surface area contributed by atoms with Crippen LogP contribution in [0.5, 0.6) is 23.0 Å². The van der Waals surface area contributed by atoms with Gasteiger partial charge in [-0.15, -0.1) is 0 Å². The summed E-state index contributed by atoms with van der Waals surface area (Å²) < 4.78 is 27.8. The maximum atomic E-state index is 13.5. The van der Waals surface area contributed by atoms with Crippen molar-refractivity contribution < 1.29 is 53.4 Å². The van der Waals surface area contributed by atoms with Crippen molar-refractivity contribution in [2.45, 2.75) is 51.5 Å². The largest absolute Gasteiger partial charge is 0.508 e. The van der Waals surface area contributed by atoms with Crippen molar-refractivity contribution >= 4 is 22.9 Å². The lowest BCUT2D eigenvalue weighted by molar-refractivity contribution is -0.277. The van der Waals surface area contributed by atoms with Crippen LogP contribution >= 0.6 is 0 Å². The molecule has 1 aromatic heterocycles. The van der Waals surface area contributed by atoms with Gasteiger partial charge in [-0.3, -0.25) is 14.4 Å². The van der Waals surface area contributed by atoms with Crippen molar-refractivity contribution in [2.24, 2.45) is 0 Å². The number of carbonyl (C=O) groups excluding carboxylic acids is 2. The monoisotopic (exact) mass is 516 g/mol. The Labute approximate surface area is 209 Å². The predicted molar refractivity (Wildman–Crippen MR) is 125 cm³/mol. The first-order chi connectivity index (χ1) is 17.5. The molecule has 12 heteroatoms. The molecule has 0 saturated carbocycles. The van der Waals surface area contributed by atoms with Gasteiger partial charge in [-0.05, 0) is 31.2 Å². The summed E-state index contributed by atoms with van der Waals surface area (Å²) in [6.45, 7) is 3.70. The van der Waals surface area contributed by atoms with Gasteiger partial charge in [0.2, 0.25) is 17.5 Å². The van der Waals surface area contributed by atoms with E-state index in [2.05, 4.69) is 0 Å². The number of carbonyl (C=O) groups is 2. The van der Waals surface area contributed by atoms with Crippen LogP contribution in [0.15, 0.2) is 45.6 Å². The molecular formula is C25H24O12. The minimum Gasteiger partial charge on any atom is -0.508 e. The first-order valence-electron chi connectivity index (χ1n) is 11.1. The van der Waals surface area contributed by atoms with Crippen molar-refractivity contribution in [3.63, 3.8) is 0 Å². The fourth-order valence-corrected chi connectivity index (χ4v) is 4.06. The molecule has 0 amide bonds. The first kappa shape index (κ1) is 25.8. The molecule has 0 aliphatic carbocycles. The maximum absolute atomic E-state index is 13.5. The third-order valence-electron chi connectivity index (χ3n) is 5.64. The zero-order chi connectivity index (χ0) is 27.0. The highest BCUT2D eigenvalue weighted by molar-refractivity contribution is 5.88. The summed E-state index contributed by atoms with van der Waals surface area (Å²) in [4.78, 5) is 36.8. The molecule has 3 aromatic rings. The summed E-state index contributed by atoms with van der Waals surface area (Å²) in [6, 6.07) is 7.58. The SMILES string of the molecule is CC(=O)O[C@H]1C(C)O[C@@H](Oc2c(-c3ccc(O)cc3)oc3cc(O)cc(O)c3c2=O)[C@@H](OC(C)=O)C1O. The zero-order valence-electron chi connectivity index (χ0n) is 19.9. The molecule has 4 N–H and O–H groups in total. The van der Waals surface area contributed by atoms with Crippen LogP contribution in [0.4, 0.5) is 0 Å². The van der Waals surface area contributed by atoms with E-state index in [1.165, 1.54) is 31.2 Å². The van der Waals surface area contributed by atoms with Crippen LogP contribution < -0.4 is 10.2 Å². The number of aliphatic hydroxyl groups excluding tert-OH is 1. The fraction of sp³-hybridized carbons (Fsp3) is 0.320. The summed E-state index contributed by atoms with van der Waals surface area (Å²) in [5.41, 5.74) is -0.764. The standard InChI is InChI=1S/C25H24O12/c1-10-21(34-11(2)26)20(32)24(35-12(3)27)25(33-10)37-23-19(31)18-16(30)8-15(29)9-17(18)36-22(23)13-4-6-14(28)7-5-13/h4-10,20-21,24-25,28-30,32H,1-3H3/t10?,20?,21-,24-,25-/m0/s1. The summed E-state index contributed by atoms with van der Waals surface area (Å²) in [5.74, 6) is -3.18. The summed E-state index contributed by atoms with van der Waals surface area (Å²) in [5, 5.41) is 40.4. The van der Waals surface area contributed by atoms with E-state index in [1.54, 1.807) is 0 Å². The number of hydrogen-bond acceptors (Lipinski definition) is 12. The van der Waals surface area contributed by atoms with E-state index >= 15 is 0 Å². The van der Waals surface area contributed by atoms with Gasteiger partial charge in [-0.2, -0.15) is 0 Å². The van der Waals surface area contributed by atoms with Crippen LogP contribution in [0.2, 0.25) is 0 Å². The Bertz CT molecular complexity index is 1390. The van der Waals surface area contributed by atoms with Crippen molar-refractivity contribution in [3.8, 4) is 34.3 Å². The van der Waals surface area contributed by atoms with Crippen LogP contribution in [0.25, 0.3) is 22.3 Å². The van der Waals surface area contributed by atoms with E-state index < -0.39 is 59.6 Å². The predicted octanol–water partition coefficient (Wildman–Crippen LogP) is 1.92. The number of esters is 2. The number of rotatable bonds is 5. The first-order valence-corrected chi connectivity index (χ1v) is 11.1. The van der Waals surface area contributed by atoms with Crippen LogP contribution in [-0.4, -0.2) is 63.1 Å². The highest BCUT2D eigenvalue weighted by Crippen LogP contribution is 2.38. The van der Waals surface area contributed by atoms with Crippen LogP contribution in [0.3, 0.4) is 0 Å². The molecule has 12 nitrogen and oxygen atoms in total. The Kier molecular flexibility index (Phi) is 6.96. The molecule has 0 bridgehead atoms. The van der Waals surface area contributed by atoms with E-state index in [0.29, 0.717) is 0 Å². The van der Waals surface area contributed by atoms with Gasteiger partial charge in [0.05, 0.1) is 6.10 Å². The molecule has 196 valence electrons. The highest BCUT2D eigenvalue weighted by atomic mass is 16.7. The lowest BCUT2D eigenvalue weighted by Gasteiger charge is -2.41. The molecule has 1 saturated heterocycles. The van der Waals surface area contributed by atoms with Gasteiger partial charge in [0.15, 0.2) is 18.0 Å². The van der Waals surface area contributed by atoms with Gasteiger partial charge in [-0.25, -0.2) is 0 Å². The van der Waals surface area contributed by atoms with Gasteiger partial charge in [0.1, 0.15) is 34.3 Å². The molecular weight excluding hydrogens is 492 g/mol. The molecule has 2 unspecified atom stereocenters. The third-order valence-corrected chi connectivity index (χ3v) is 5.64. The van der Waals surface area contributed by atoms with E-state index in [1.807, 2.05) is 0 Å². The van der Waals surface area contributed by atoms with Gasteiger partial charge >= 0.3 is 11.9 Å².